The van der Waals surface area contributed by atoms with Gasteiger partial charge < -0.3 is 15.2 Å². The molecule has 0 fully saturated rings. The Morgan fingerprint density at radius 1 is 1.03 bits per heavy atom. The third-order valence-electron chi connectivity index (χ3n) is 5.51. The zero-order valence-electron chi connectivity index (χ0n) is 20.2. The molecule has 0 unspecified atom stereocenters. The number of aryl methyl sites for hydroxylation is 1. The summed E-state index contributed by atoms with van der Waals surface area (Å²) in [6.45, 7) is 5.12. The molecule has 2 aromatic carbocycles. The topological polar surface area (TPSA) is 118 Å². The van der Waals surface area contributed by atoms with Gasteiger partial charge in [0.05, 0.1) is 30.0 Å². The number of carboxylic acid groups (broad SMARTS) is 1. The van der Waals surface area contributed by atoms with Crippen molar-refractivity contribution in [3.8, 4) is 16.9 Å². The highest BCUT2D eigenvalue weighted by molar-refractivity contribution is 6.12. The largest absolute Gasteiger partial charge is 0.493 e. The summed E-state index contributed by atoms with van der Waals surface area (Å²) in [5, 5.41) is 13.2. The van der Waals surface area contributed by atoms with Crippen molar-refractivity contribution in [1.82, 2.24) is 4.98 Å². The number of amides is 2. The standard InChI is InChI=1S/C26H24F3N3O5/c1-4-37-23-12-21(32-25(35)36)20(11-19(23)26(27,28)29)31-24(34)13-22(33)17-7-5-6-16(10-17)18-8-9-30-15(3)14(18)2/h5-12,32H,4,13H2,1-3H3,(H,31,34)(H,35,36). The Morgan fingerprint density at radius 2 is 1.73 bits per heavy atom. The summed E-state index contributed by atoms with van der Waals surface area (Å²) in [5.74, 6) is -2.10. The first-order valence-electron chi connectivity index (χ1n) is 11.1. The number of halogens is 3. The molecule has 0 spiro atoms. The second-order valence-electron chi connectivity index (χ2n) is 8.05. The van der Waals surface area contributed by atoms with Crippen molar-refractivity contribution >= 4 is 29.2 Å². The van der Waals surface area contributed by atoms with Crippen LogP contribution in [0.25, 0.3) is 11.1 Å². The van der Waals surface area contributed by atoms with Gasteiger partial charge in [-0.15, -0.1) is 0 Å². The molecule has 37 heavy (non-hydrogen) atoms. The van der Waals surface area contributed by atoms with Gasteiger partial charge in [-0.05, 0) is 55.7 Å². The lowest BCUT2D eigenvalue weighted by atomic mass is 9.97. The number of nitrogens with zero attached hydrogens (tertiary/aromatic N) is 1. The van der Waals surface area contributed by atoms with Gasteiger partial charge in [0.2, 0.25) is 5.91 Å². The van der Waals surface area contributed by atoms with Gasteiger partial charge in [-0.2, -0.15) is 13.2 Å². The Morgan fingerprint density at radius 3 is 2.38 bits per heavy atom. The summed E-state index contributed by atoms with van der Waals surface area (Å²) >= 11 is 0. The average molecular weight is 515 g/mol. The minimum atomic E-state index is -4.84. The van der Waals surface area contributed by atoms with Crippen LogP contribution in [0.1, 0.15) is 40.5 Å². The van der Waals surface area contributed by atoms with Crippen molar-refractivity contribution < 1.29 is 37.4 Å². The molecular formula is C26H24F3N3O5. The first kappa shape index (κ1) is 27.2. The summed E-state index contributed by atoms with van der Waals surface area (Å²) < 4.78 is 45.7. The van der Waals surface area contributed by atoms with Crippen molar-refractivity contribution in [3.05, 3.63) is 71.0 Å². The molecule has 0 saturated carbocycles. The van der Waals surface area contributed by atoms with E-state index >= 15 is 0 Å². The molecule has 0 aliphatic rings. The number of carbonyl (C=O) groups is 3. The van der Waals surface area contributed by atoms with Crippen LogP contribution in [-0.4, -0.2) is 34.5 Å². The molecule has 3 rings (SSSR count). The Bertz CT molecular complexity index is 1360. The van der Waals surface area contributed by atoms with Crippen LogP contribution in [0.2, 0.25) is 0 Å². The number of anilines is 2. The van der Waals surface area contributed by atoms with E-state index in [2.05, 4.69) is 10.3 Å². The van der Waals surface area contributed by atoms with E-state index in [4.69, 9.17) is 9.84 Å². The van der Waals surface area contributed by atoms with Crippen LogP contribution < -0.4 is 15.4 Å². The number of hydrogen-bond acceptors (Lipinski definition) is 5. The molecule has 11 heteroatoms. The lowest BCUT2D eigenvalue weighted by molar-refractivity contribution is -0.138. The molecule has 0 radical (unpaired) electrons. The lowest BCUT2D eigenvalue weighted by Crippen LogP contribution is -2.20. The van der Waals surface area contributed by atoms with E-state index in [0.717, 1.165) is 28.5 Å². The van der Waals surface area contributed by atoms with Crippen LogP contribution in [-0.2, 0) is 11.0 Å². The second kappa shape index (κ2) is 11.1. The zero-order valence-corrected chi connectivity index (χ0v) is 20.2. The third-order valence-corrected chi connectivity index (χ3v) is 5.51. The van der Waals surface area contributed by atoms with Crippen molar-refractivity contribution in [2.45, 2.75) is 33.4 Å². The average Bonchev–Trinajstić information content (AvgIpc) is 2.81. The van der Waals surface area contributed by atoms with Gasteiger partial charge in [0.15, 0.2) is 5.78 Å². The van der Waals surface area contributed by atoms with Gasteiger partial charge in [-0.3, -0.25) is 19.9 Å². The predicted octanol–water partition coefficient (Wildman–Crippen LogP) is 6.08. The van der Waals surface area contributed by atoms with Crippen LogP contribution in [0.3, 0.4) is 0 Å². The highest BCUT2D eigenvalue weighted by Gasteiger charge is 2.36. The van der Waals surface area contributed by atoms with Gasteiger partial charge in [-0.25, -0.2) is 4.79 Å². The number of ketones is 1. The van der Waals surface area contributed by atoms with E-state index in [9.17, 15) is 27.6 Å². The fourth-order valence-electron chi connectivity index (χ4n) is 3.65. The Balaban J connectivity index is 1.87. The van der Waals surface area contributed by atoms with Crippen LogP contribution in [0.5, 0.6) is 5.75 Å². The zero-order chi connectivity index (χ0) is 27.3. The molecule has 3 N–H and O–H groups in total. The van der Waals surface area contributed by atoms with E-state index in [1.165, 1.54) is 13.0 Å². The number of ether oxygens (including phenoxy) is 1. The molecule has 0 saturated heterocycles. The Labute approximate surface area is 210 Å². The van der Waals surface area contributed by atoms with Gasteiger partial charge in [0, 0.05) is 23.5 Å². The molecule has 8 nitrogen and oxygen atoms in total. The maximum atomic E-state index is 13.6. The molecule has 3 aromatic rings. The maximum Gasteiger partial charge on any atom is 0.420 e. The number of hydrogen-bond donors (Lipinski definition) is 3. The summed E-state index contributed by atoms with van der Waals surface area (Å²) in [4.78, 5) is 40.9. The normalized spacial score (nSPS) is 11.1. The lowest BCUT2D eigenvalue weighted by Gasteiger charge is -2.18. The predicted molar refractivity (Wildman–Crippen MR) is 131 cm³/mol. The first-order valence-corrected chi connectivity index (χ1v) is 11.1. The molecule has 0 aliphatic carbocycles. The Kier molecular flexibility index (Phi) is 8.16. The molecule has 194 valence electrons. The van der Waals surface area contributed by atoms with Crippen LogP contribution in [0.15, 0.2) is 48.7 Å². The highest BCUT2D eigenvalue weighted by Crippen LogP contribution is 2.41. The van der Waals surface area contributed by atoms with E-state index < -0.39 is 47.4 Å². The van der Waals surface area contributed by atoms with E-state index in [1.54, 1.807) is 30.5 Å². The molecule has 0 bridgehead atoms. The minimum absolute atomic E-state index is 0.104. The number of pyridine rings is 1. The number of nitrogens with one attached hydrogen (secondary N) is 2. The Hall–Kier alpha value is -4.41. The van der Waals surface area contributed by atoms with Gasteiger partial charge in [-0.1, -0.05) is 18.2 Å². The number of aromatic nitrogens is 1. The van der Waals surface area contributed by atoms with E-state index in [-0.39, 0.29) is 17.9 Å². The minimum Gasteiger partial charge on any atom is -0.493 e. The summed E-state index contributed by atoms with van der Waals surface area (Å²) in [7, 11) is 0. The van der Waals surface area contributed by atoms with Crippen LogP contribution in [0, 0.1) is 13.8 Å². The van der Waals surface area contributed by atoms with Gasteiger partial charge >= 0.3 is 12.3 Å². The number of rotatable bonds is 8. The van der Waals surface area contributed by atoms with Crippen molar-refractivity contribution in [1.29, 1.82) is 0 Å². The number of alkyl halides is 3. The molecule has 1 heterocycles. The molecular weight excluding hydrogens is 491 g/mol. The van der Waals surface area contributed by atoms with Crippen molar-refractivity contribution in [2.24, 2.45) is 0 Å². The monoisotopic (exact) mass is 515 g/mol. The number of carbonyl (C=O) groups excluding carboxylic acids is 2. The number of benzene rings is 2. The highest BCUT2D eigenvalue weighted by atomic mass is 19.4. The van der Waals surface area contributed by atoms with Crippen LogP contribution >= 0.6 is 0 Å². The molecule has 1 aromatic heterocycles. The summed E-state index contributed by atoms with van der Waals surface area (Å²) in [6.07, 6.45) is -5.44. The van der Waals surface area contributed by atoms with E-state index in [1.807, 2.05) is 19.2 Å². The quantitative estimate of drug-likeness (QED) is 0.247. The number of Topliss-reactive ketones (excluding diaryl/α,β-unsaturated/α-hetero) is 1. The van der Waals surface area contributed by atoms with Crippen LogP contribution in [0.4, 0.5) is 29.3 Å². The van der Waals surface area contributed by atoms with E-state index in [0.29, 0.717) is 6.07 Å². The van der Waals surface area contributed by atoms with Crippen molar-refractivity contribution in [3.63, 3.8) is 0 Å². The summed E-state index contributed by atoms with van der Waals surface area (Å²) in [6, 6.07) is 9.81. The van der Waals surface area contributed by atoms with Gasteiger partial charge in [0.25, 0.3) is 0 Å². The molecule has 0 aliphatic heterocycles. The fourth-order valence-corrected chi connectivity index (χ4v) is 3.65. The fraction of sp³-hybridized carbons (Fsp3) is 0.231. The third kappa shape index (κ3) is 6.63. The van der Waals surface area contributed by atoms with Crippen molar-refractivity contribution in [2.75, 3.05) is 17.2 Å². The van der Waals surface area contributed by atoms with Gasteiger partial charge in [0.1, 0.15) is 5.75 Å². The second-order valence-corrected chi connectivity index (χ2v) is 8.05. The molecule has 2 amide bonds. The smallest absolute Gasteiger partial charge is 0.420 e. The summed E-state index contributed by atoms with van der Waals surface area (Å²) in [5.41, 5.74) is 1.58. The first-order chi connectivity index (χ1) is 17.4. The SMILES string of the molecule is CCOc1cc(NC(=O)O)c(NC(=O)CC(=O)c2cccc(-c3ccnc(C)c3C)c2)cc1C(F)(F)F. The molecule has 0 atom stereocenters. The maximum absolute atomic E-state index is 13.6.